The molecule has 1 aliphatic rings. The molecule has 1 rings (SSSR count). The van der Waals surface area contributed by atoms with Crippen LogP contribution in [0.2, 0.25) is 0 Å². The van der Waals surface area contributed by atoms with Gasteiger partial charge < -0.3 is 10.9 Å². The lowest BCUT2D eigenvalue weighted by atomic mass is 10.0. The molecule has 12 heavy (non-hydrogen) atoms. The van der Waals surface area contributed by atoms with E-state index in [2.05, 4.69) is 17.0 Å². The van der Waals surface area contributed by atoms with Crippen LogP contribution in [-0.2, 0) is 0 Å². The van der Waals surface area contributed by atoms with Crippen molar-refractivity contribution in [3.05, 3.63) is 0 Å². The van der Waals surface area contributed by atoms with Crippen LogP contribution in [0.1, 0.15) is 26.2 Å². The van der Waals surface area contributed by atoms with E-state index in [1.54, 1.807) is 0 Å². The molecule has 0 aromatic heterocycles. The van der Waals surface area contributed by atoms with Gasteiger partial charge >= 0.3 is 0 Å². The van der Waals surface area contributed by atoms with Crippen molar-refractivity contribution < 1.29 is 5.21 Å². The number of rotatable bonds is 2. The molecule has 4 heteroatoms. The van der Waals surface area contributed by atoms with E-state index < -0.39 is 0 Å². The molecular formula is C8H17N3O. The van der Waals surface area contributed by atoms with E-state index in [4.69, 9.17) is 10.9 Å². The summed E-state index contributed by atoms with van der Waals surface area (Å²) >= 11 is 0. The van der Waals surface area contributed by atoms with E-state index in [1.807, 2.05) is 0 Å². The second kappa shape index (κ2) is 4.30. The minimum atomic E-state index is 0.309. The second-order valence-electron chi connectivity index (χ2n) is 3.41. The van der Waals surface area contributed by atoms with E-state index in [-0.39, 0.29) is 0 Å². The van der Waals surface area contributed by atoms with Gasteiger partial charge in [0.15, 0.2) is 5.84 Å². The lowest BCUT2D eigenvalue weighted by molar-refractivity contribution is 0.182. The molecule has 0 saturated carbocycles. The first-order chi connectivity index (χ1) is 5.74. The van der Waals surface area contributed by atoms with Gasteiger partial charge in [-0.15, -0.1) is 0 Å². The molecule has 1 fully saturated rings. The van der Waals surface area contributed by atoms with E-state index in [1.165, 1.54) is 19.3 Å². The number of nitrogens with zero attached hydrogens (tertiary/aromatic N) is 2. The fourth-order valence-corrected chi connectivity index (χ4v) is 1.63. The van der Waals surface area contributed by atoms with Crippen LogP contribution < -0.4 is 5.73 Å². The largest absolute Gasteiger partial charge is 0.409 e. The molecule has 0 spiro atoms. The summed E-state index contributed by atoms with van der Waals surface area (Å²) in [5.41, 5.74) is 5.42. The number of nitrogens with two attached hydrogens (primary N) is 1. The van der Waals surface area contributed by atoms with Crippen LogP contribution in [0.25, 0.3) is 0 Å². The molecular weight excluding hydrogens is 154 g/mol. The van der Waals surface area contributed by atoms with Gasteiger partial charge in [-0.2, -0.15) is 0 Å². The molecule has 4 nitrogen and oxygen atoms in total. The Balaban J connectivity index is 2.39. The summed E-state index contributed by atoms with van der Waals surface area (Å²) in [7, 11) is 0. The number of piperidine rings is 1. The highest BCUT2D eigenvalue weighted by Crippen LogP contribution is 2.15. The summed E-state index contributed by atoms with van der Waals surface area (Å²) in [4.78, 5) is 2.25. The van der Waals surface area contributed by atoms with Crippen molar-refractivity contribution in [2.24, 2.45) is 10.9 Å². The Hall–Kier alpha value is -0.770. The maximum Gasteiger partial charge on any atom is 0.153 e. The van der Waals surface area contributed by atoms with Gasteiger partial charge in [-0.1, -0.05) is 11.6 Å². The molecule has 1 heterocycles. The minimum Gasteiger partial charge on any atom is -0.409 e. The maximum absolute atomic E-state index is 8.39. The zero-order chi connectivity index (χ0) is 8.97. The first kappa shape index (κ1) is 9.32. The van der Waals surface area contributed by atoms with Gasteiger partial charge in [0.1, 0.15) is 0 Å². The topological polar surface area (TPSA) is 61.8 Å². The monoisotopic (exact) mass is 171 g/mol. The van der Waals surface area contributed by atoms with Gasteiger partial charge in [0, 0.05) is 6.04 Å². The molecule has 3 N–H and O–H groups in total. The fourth-order valence-electron chi connectivity index (χ4n) is 1.63. The lowest BCUT2D eigenvalue weighted by Crippen LogP contribution is -2.42. The highest BCUT2D eigenvalue weighted by molar-refractivity contribution is 5.81. The highest BCUT2D eigenvalue weighted by atomic mass is 16.4. The van der Waals surface area contributed by atoms with Crippen molar-refractivity contribution in [3.8, 4) is 0 Å². The van der Waals surface area contributed by atoms with Crippen molar-refractivity contribution >= 4 is 5.84 Å². The van der Waals surface area contributed by atoms with Gasteiger partial charge in [-0.25, -0.2) is 0 Å². The number of likely N-dealkylation sites (tertiary alicyclic amines) is 1. The molecule has 0 radical (unpaired) electrons. The van der Waals surface area contributed by atoms with Crippen molar-refractivity contribution in [2.45, 2.75) is 32.2 Å². The smallest absolute Gasteiger partial charge is 0.153 e. The Bertz CT molecular complexity index is 170. The van der Waals surface area contributed by atoms with E-state index in [9.17, 15) is 0 Å². The Morgan fingerprint density at radius 2 is 2.42 bits per heavy atom. The first-order valence-electron chi connectivity index (χ1n) is 4.44. The first-order valence-corrected chi connectivity index (χ1v) is 4.44. The molecule has 0 aromatic rings. The van der Waals surface area contributed by atoms with E-state index in [0.29, 0.717) is 18.4 Å². The van der Waals surface area contributed by atoms with Crippen LogP contribution in [0.15, 0.2) is 5.16 Å². The van der Waals surface area contributed by atoms with Crippen molar-refractivity contribution in [1.82, 2.24) is 4.90 Å². The lowest BCUT2D eigenvalue weighted by Gasteiger charge is -2.32. The quantitative estimate of drug-likeness (QED) is 0.277. The summed E-state index contributed by atoms with van der Waals surface area (Å²) in [6.45, 7) is 3.85. The molecule has 1 aliphatic heterocycles. The summed E-state index contributed by atoms with van der Waals surface area (Å²) in [5.74, 6) is 0.309. The third-order valence-electron chi connectivity index (χ3n) is 2.43. The van der Waals surface area contributed by atoms with Crippen molar-refractivity contribution in [1.29, 1.82) is 0 Å². The molecule has 1 saturated heterocycles. The zero-order valence-electron chi connectivity index (χ0n) is 7.53. The Morgan fingerprint density at radius 3 is 3.00 bits per heavy atom. The summed E-state index contributed by atoms with van der Waals surface area (Å²) < 4.78 is 0. The Labute approximate surface area is 73.0 Å². The molecule has 0 bridgehead atoms. The number of oxime groups is 1. The molecule has 0 amide bonds. The summed E-state index contributed by atoms with van der Waals surface area (Å²) in [5, 5.41) is 11.4. The molecule has 0 aliphatic carbocycles. The predicted octanol–water partition coefficient (Wildman–Crippen LogP) is 0.607. The van der Waals surface area contributed by atoms with Crippen LogP contribution in [-0.4, -0.2) is 35.1 Å². The highest BCUT2D eigenvalue weighted by Gasteiger charge is 2.18. The third-order valence-corrected chi connectivity index (χ3v) is 2.43. The van der Waals surface area contributed by atoms with Gasteiger partial charge in [0.05, 0.1) is 6.54 Å². The SMILES string of the molecule is C[C@@H]1CCCCN1C/C(N)=N\O. The average molecular weight is 171 g/mol. The maximum atomic E-state index is 8.39. The number of amidine groups is 1. The molecule has 70 valence electrons. The summed E-state index contributed by atoms with van der Waals surface area (Å²) in [6.07, 6.45) is 3.75. The Morgan fingerprint density at radius 1 is 1.67 bits per heavy atom. The standard InChI is InChI=1S/C8H17N3O/c1-7-4-2-3-5-11(7)6-8(9)10-12/h7,12H,2-6H2,1H3,(H2,9,10)/t7-/m1/s1. The van der Waals surface area contributed by atoms with E-state index in [0.717, 1.165) is 6.54 Å². The second-order valence-corrected chi connectivity index (χ2v) is 3.41. The van der Waals surface area contributed by atoms with Crippen molar-refractivity contribution in [3.63, 3.8) is 0 Å². The van der Waals surface area contributed by atoms with Crippen LogP contribution >= 0.6 is 0 Å². The fraction of sp³-hybridized carbons (Fsp3) is 0.875. The Kier molecular flexibility index (Phi) is 3.34. The normalized spacial score (nSPS) is 27.4. The van der Waals surface area contributed by atoms with Gasteiger partial charge in [0.2, 0.25) is 0 Å². The minimum absolute atomic E-state index is 0.309. The van der Waals surface area contributed by atoms with Crippen LogP contribution in [0.4, 0.5) is 0 Å². The van der Waals surface area contributed by atoms with Gasteiger partial charge in [-0.3, -0.25) is 4.90 Å². The molecule has 1 atom stereocenters. The van der Waals surface area contributed by atoms with Gasteiger partial charge in [0.25, 0.3) is 0 Å². The van der Waals surface area contributed by atoms with Crippen molar-refractivity contribution in [2.75, 3.05) is 13.1 Å². The van der Waals surface area contributed by atoms with Crippen LogP contribution in [0, 0.1) is 0 Å². The van der Waals surface area contributed by atoms with Gasteiger partial charge in [-0.05, 0) is 26.3 Å². The van der Waals surface area contributed by atoms with E-state index >= 15 is 0 Å². The number of hydrogen-bond acceptors (Lipinski definition) is 3. The molecule has 0 unspecified atom stereocenters. The van der Waals surface area contributed by atoms with Crippen LogP contribution in [0.3, 0.4) is 0 Å². The number of hydrogen-bond donors (Lipinski definition) is 2. The average Bonchev–Trinajstić information content (AvgIpc) is 2.09. The predicted molar refractivity (Wildman–Crippen MR) is 48.3 cm³/mol. The molecule has 0 aromatic carbocycles. The zero-order valence-corrected chi connectivity index (χ0v) is 7.53. The third kappa shape index (κ3) is 2.37. The van der Waals surface area contributed by atoms with Crippen LogP contribution in [0.5, 0.6) is 0 Å². The summed E-state index contributed by atoms with van der Waals surface area (Å²) in [6, 6.07) is 0.569.